The zero-order chi connectivity index (χ0) is 11.4. The molecule has 1 saturated carbocycles. The van der Waals surface area contributed by atoms with E-state index in [0.29, 0.717) is 12.2 Å². The molecule has 0 saturated heterocycles. The molecule has 16 heavy (non-hydrogen) atoms. The highest BCUT2D eigenvalue weighted by atomic mass is 19.1. The fraction of sp³-hybridized carbons (Fsp3) is 0.462. The summed E-state index contributed by atoms with van der Waals surface area (Å²) >= 11 is 0. The van der Waals surface area contributed by atoms with Crippen molar-refractivity contribution in [1.29, 1.82) is 5.26 Å². The fourth-order valence-electron chi connectivity index (χ4n) is 1.64. The summed E-state index contributed by atoms with van der Waals surface area (Å²) in [5.41, 5.74) is 1.08. The topological polar surface area (TPSA) is 33.0 Å². The van der Waals surface area contributed by atoms with Gasteiger partial charge in [0.25, 0.3) is 0 Å². The molecule has 1 fully saturated rings. The lowest BCUT2D eigenvalue weighted by molar-refractivity contribution is 0.115. The Morgan fingerprint density at radius 1 is 1.38 bits per heavy atom. The van der Waals surface area contributed by atoms with Gasteiger partial charge in [-0.15, -0.1) is 0 Å². The Morgan fingerprint density at radius 3 is 2.88 bits per heavy atom. The first-order valence-electron chi connectivity index (χ1n) is 5.55. The van der Waals surface area contributed by atoms with Gasteiger partial charge in [0.1, 0.15) is 5.82 Å². The summed E-state index contributed by atoms with van der Waals surface area (Å²) < 4.78 is 18.5. The number of halogens is 1. The maximum Gasteiger partial charge on any atom is 0.124 e. The summed E-state index contributed by atoms with van der Waals surface area (Å²) in [5.74, 6) is 0.474. The molecular formula is C13H14FNO. The van der Waals surface area contributed by atoms with E-state index in [1.54, 1.807) is 6.07 Å². The standard InChI is InChI=1S/C13H14FNO/c14-13-6-11(8-15)5-12(7-13)9-16-4-3-10-1-2-10/h5-7,10H,1-4,9H2. The molecule has 0 amide bonds. The van der Waals surface area contributed by atoms with Crippen LogP contribution in [0, 0.1) is 23.1 Å². The van der Waals surface area contributed by atoms with Gasteiger partial charge in [-0.1, -0.05) is 12.8 Å². The Labute approximate surface area is 94.7 Å². The smallest absolute Gasteiger partial charge is 0.124 e. The molecular weight excluding hydrogens is 205 g/mol. The highest BCUT2D eigenvalue weighted by Crippen LogP contribution is 2.32. The van der Waals surface area contributed by atoms with Gasteiger partial charge in [-0.2, -0.15) is 5.26 Å². The van der Waals surface area contributed by atoms with Crippen molar-refractivity contribution in [3.63, 3.8) is 0 Å². The Balaban J connectivity index is 1.83. The monoisotopic (exact) mass is 219 g/mol. The molecule has 0 spiro atoms. The maximum absolute atomic E-state index is 13.1. The van der Waals surface area contributed by atoms with Gasteiger partial charge >= 0.3 is 0 Å². The van der Waals surface area contributed by atoms with Crippen molar-refractivity contribution in [2.45, 2.75) is 25.9 Å². The first kappa shape index (κ1) is 11.1. The molecule has 0 radical (unpaired) electrons. The number of nitriles is 1. The van der Waals surface area contributed by atoms with Crippen LogP contribution in [0.4, 0.5) is 4.39 Å². The second-order valence-electron chi connectivity index (χ2n) is 4.24. The van der Waals surface area contributed by atoms with Gasteiger partial charge in [0, 0.05) is 6.61 Å². The van der Waals surface area contributed by atoms with Crippen LogP contribution in [0.1, 0.15) is 30.4 Å². The zero-order valence-electron chi connectivity index (χ0n) is 9.08. The van der Waals surface area contributed by atoms with E-state index < -0.39 is 0 Å². The molecule has 1 aromatic carbocycles. The van der Waals surface area contributed by atoms with Gasteiger partial charge in [0.05, 0.1) is 18.2 Å². The molecule has 1 aromatic rings. The molecule has 2 nitrogen and oxygen atoms in total. The van der Waals surface area contributed by atoms with Crippen LogP contribution < -0.4 is 0 Å². The van der Waals surface area contributed by atoms with E-state index >= 15 is 0 Å². The van der Waals surface area contributed by atoms with E-state index in [2.05, 4.69) is 0 Å². The largest absolute Gasteiger partial charge is 0.377 e. The summed E-state index contributed by atoms with van der Waals surface area (Å²) in [6.07, 6.45) is 3.74. The third-order valence-corrected chi connectivity index (χ3v) is 2.72. The van der Waals surface area contributed by atoms with Gasteiger partial charge in [0.2, 0.25) is 0 Å². The molecule has 3 heteroatoms. The van der Waals surface area contributed by atoms with Crippen LogP contribution in [0.2, 0.25) is 0 Å². The van der Waals surface area contributed by atoms with E-state index in [-0.39, 0.29) is 5.82 Å². The van der Waals surface area contributed by atoms with Crippen molar-refractivity contribution in [3.8, 4) is 6.07 Å². The minimum Gasteiger partial charge on any atom is -0.377 e. The summed E-state index contributed by atoms with van der Waals surface area (Å²) in [5, 5.41) is 8.68. The third-order valence-electron chi connectivity index (χ3n) is 2.72. The van der Waals surface area contributed by atoms with Crippen LogP contribution >= 0.6 is 0 Å². The number of hydrogen-bond donors (Lipinski definition) is 0. The van der Waals surface area contributed by atoms with Crippen molar-refractivity contribution in [2.75, 3.05) is 6.61 Å². The van der Waals surface area contributed by atoms with Crippen molar-refractivity contribution in [1.82, 2.24) is 0 Å². The molecule has 2 rings (SSSR count). The molecule has 0 aliphatic heterocycles. The fourth-order valence-corrected chi connectivity index (χ4v) is 1.64. The van der Waals surface area contributed by atoms with E-state index in [0.717, 1.165) is 24.5 Å². The number of ether oxygens (including phenoxy) is 1. The molecule has 84 valence electrons. The lowest BCUT2D eigenvalue weighted by atomic mass is 10.1. The van der Waals surface area contributed by atoms with Crippen LogP contribution in [0.5, 0.6) is 0 Å². The minimum absolute atomic E-state index is 0.348. The second-order valence-corrected chi connectivity index (χ2v) is 4.24. The van der Waals surface area contributed by atoms with Gasteiger partial charge in [-0.3, -0.25) is 0 Å². The molecule has 0 heterocycles. The van der Waals surface area contributed by atoms with Crippen molar-refractivity contribution < 1.29 is 9.13 Å². The Kier molecular flexibility index (Phi) is 3.53. The number of nitrogens with zero attached hydrogens (tertiary/aromatic N) is 1. The molecule has 1 aliphatic rings. The zero-order valence-corrected chi connectivity index (χ0v) is 9.08. The Hall–Kier alpha value is -1.40. The molecule has 0 N–H and O–H groups in total. The number of benzene rings is 1. The predicted octanol–water partition coefficient (Wildman–Crippen LogP) is 3.01. The predicted molar refractivity (Wildman–Crippen MR) is 58.1 cm³/mol. The normalized spacial score (nSPS) is 14.8. The van der Waals surface area contributed by atoms with Crippen molar-refractivity contribution in [3.05, 3.63) is 35.1 Å². The van der Waals surface area contributed by atoms with Gasteiger partial charge in [-0.25, -0.2) is 4.39 Å². The van der Waals surface area contributed by atoms with Crippen molar-refractivity contribution >= 4 is 0 Å². The van der Waals surface area contributed by atoms with Gasteiger partial charge in [-0.05, 0) is 36.1 Å². The summed E-state index contributed by atoms with van der Waals surface area (Å²) in [4.78, 5) is 0. The lowest BCUT2D eigenvalue weighted by Crippen LogP contribution is -1.97. The summed E-state index contributed by atoms with van der Waals surface area (Å²) in [7, 11) is 0. The maximum atomic E-state index is 13.1. The quantitative estimate of drug-likeness (QED) is 0.713. The van der Waals surface area contributed by atoms with Crippen LogP contribution in [0.3, 0.4) is 0 Å². The van der Waals surface area contributed by atoms with Crippen LogP contribution in [-0.4, -0.2) is 6.61 Å². The lowest BCUT2D eigenvalue weighted by Gasteiger charge is -2.04. The first-order valence-corrected chi connectivity index (χ1v) is 5.55. The average Bonchev–Trinajstić information content (AvgIpc) is 3.07. The summed E-state index contributed by atoms with van der Waals surface area (Å²) in [6, 6.07) is 6.24. The minimum atomic E-state index is -0.375. The third kappa shape index (κ3) is 3.32. The Bertz CT molecular complexity index is 407. The molecule has 0 aromatic heterocycles. The highest BCUT2D eigenvalue weighted by Gasteiger charge is 2.20. The second kappa shape index (κ2) is 5.09. The van der Waals surface area contributed by atoms with E-state index in [1.165, 1.54) is 25.0 Å². The Morgan fingerprint density at radius 2 is 2.19 bits per heavy atom. The van der Waals surface area contributed by atoms with E-state index in [1.807, 2.05) is 6.07 Å². The summed E-state index contributed by atoms with van der Waals surface area (Å²) in [6.45, 7) is 1.11. The van der Waals surface area contributed by atoms with Crippen LogP contribution in [0.25, 0.3) is 0 Å². The number of hydrogen-bond acceptors (Lipinski definition) is 2. The number of rotatable bonds is 5. The van der Waals surface area contributed by atoms with E-state index in [4.69, 9.17) is 10.00 Å². The first-order chi connectivity index (χ1) is 7.78. The van der Waals surface area contributed by atoms with Gasteiger partial charge < -0.3 is 4.74 Å². The molecule has 0 atom stereocenters. The highest BCUT2D eigenvalue weighted by molar-refractivity contribution is 5.33. The van der Waals surface area contributed by atoms with Crippen LogP contribution in [-0.2, 0) is 11.3 Å². The van der Waals surface area contributed by atoms with Crippen molar-refractivity contribution in [2.24, 2.45) is 5.92 Å². The molecule has 1 aliphatic carbocycles. The van der Waals surface area contributed by atoms with Crippen LogP contribution in [0.15, 0.2) is 18.2 Å². The molecule has 0 unspecified atom stereocenters. The molecule has 0 bridgehead atoms. The van der Waals surface area contributed by atoms with Gasteiger partial charge in [0.15, 0.2) is 0 Å². The van der Waals surface area contributed by atoms with E-state index in [9.17, 15) is 4.39 Å². The SMILES string of the molecule is N#Cc1cc(F)cc(COCCC2CC2)c1. The average molecular weight is 219 g/mol.